The highest BCUT2D eigenvalue weighted by atomic mass is 35.5. The summed E-state index contributed by atoms with van der Waals surface area (Å²) in [5.74, 6) is -0.424. The zero-order valence-electron chi connectivity index (χ0n) is 13.5. The summed E-state index contributed by atoms with van der Waals surface area (Å²) in [5, 5.41) is 0. The standard InChI is InChI=1S/C16H27ClO5/c1-20-15(18)12-9-13(16(19)21-2)11-14(10-12)22-8-6-4-3-5-7-17/h12-14H,3-11H2,1-2H3/t12-,13+,14?. The van der Waals surface area contributed by atoms with Crippen LogP contribution in [0, 0.1) is 11.8 Å². The van der Waals surface area contributed by atoms with Gasteiger partial charge in [-0.3, -0.25) is 9.59 Å². The van der Waals surface area contributed by atoms with Gasteiger partial charge in [-0.2, -0.15) is 0 Å². The maximum Gasteiger partial charge on any atom is 0.308 e. The van der Waals surface area contributed by atoms with Crippen LogP contribution in [0.5, 0.6) is 0 Å². The average molecular weight is 335 g/mol. The molecule has 22 heavy (non-hydrogen) atoms. The molecular formula is C16H27ClO5. The molecule has 128 valence electrons. The largest absolute Gasteiger partial charge is 0.469 e. The van der Waals surface area contributed by atoms with Crippen molar-refractivity contribution in [1.82, 2.24) is 0 Å². The van der Waals surface area contributed by atoms with Gasteiger partial charge in [0.2, 0.25) is 0 Å². The first-order valence-corrected chi connectivity index (χ1v) is 8.49. The molecule has 0 amide bonds. The first kappa shape index (κ1) is 19.2. The Bertz CT molecular complexity index is 323. The fourth-order valence-corrected chi connectivity index (χ4v) is 3.11. The summed E-state index contributed by atoms with van der Waals surface area (Å²) in [5.41, 5.74) is 0. The molecule has 0 bridgehead atoms. The van der Waals surface area contributed by atoms with Crippen LogP contribution in [-0.2, 0) is 23.8 Å². The van der Waals surface area contributed by atoms with Gasteiger partial charge in [0.1, 0.15) is 0 Å². The summed E-state index contributed by atoms with van der Waals surface area (Å²) in [6.07, 6.45) is 5.81. The van der Waals surface area contributed by atoms with Crippen LogP contribution in [0.4, 0.5) is 0 Å². The molecule has 0 heterocycles. The lowest BCUT2D eigenvalue weighted by molar-refractivity contribution is -0.156. The molecule has 0 saturated heterocycles. The van der Waals surface area contributed by atoms with Crippen molar-refractivity contribution in [3.05, 3.63) is 0 Å². The van der Waals surface area contributed by atoms with Crippen molar-refractivity contribution in [2.24, 2.45) is 11.8 Å². The van der Waals surface area contributed by atoms with Gasteiger partial charge in [-0.1, -0.05) is 12.8 Å². The Balaban J connectivity index is 2.43. The Hall–Kier alpha value is -0.810. The molecule has 1 fully saturated rings. The number of hydrogen-bond acceptors (Lipinski definition) is 5. The number of esters is 2. The molecule has 0 aliphatic heterocycles. The second-order valence-electron chi connectivity index (χ2n) is 5.74. The van der Waals surface area contributed by atoms with E-state index in [1.165, 1.54) is 14.2 Å². The highest BCUT2D eigenvalue weighted by molar-refractivity contribution is 6.17. The van der Waals surface area contributed by atoms with Gasteiger partial charge in [0, 0.05) is 12.5 Å². The molecule has 1 saturated carbocycles. The highest BCUT2D eigenvalue weighted by Gasteiger charge is 2.37. The minimum atomic E-state index is -0.288. The van der Waals surface area contributed by atoms with E-state index in [4.69, 9.17) is 25.8 Å². The predicted molar refractivity (Wildman–Crippen MR) is 83.8 cm³/mol. The van der Waals surface area contributed by atoms with E-state index in [-0.39, 0.29) is 29.9 Å². The van der Waals surface area contributed by atoms with Crippen molar-refractivity contribution < 1.29 is 23.8 Å². The van der Waals surface area contributed by atoms with Gasteiger partial charge in [-0.15, -0.1) is 11.6 Å². The van der Waals surface area contributed by atoms with Crippen LogP contribution in [0.2, 0.25) is 0 Å². The number of rotatable bonds is 9. The Morgan fingerprint density at radius 3 is 1.95 bits per heavy atom. The SMILES string of the molecule is COC(=O)[C@@H]1CC(OCCCCCCCl)C[C@H](C(=O)OC)C1. The predicted octanol–water partition coefficient (Wildman–Crippen LogP) is 2.93. The van der Waals surface area contributed by atoms with Crippen molar-refractivity contribution in [2.45, 2.75) is 51.0 Å². The number of hydrogen-bond donors (Lipinski definition) is 0. The fraction of sp³-hybridized carbons (Fsp3) is 0.875. The van der Waals surface area contributed by atoms with Crippen molar-refractivity contribution >= 4 is 23.5 Å². The Morgan fingerprint density at radius 1 is 0.909 bits per heavy atom. The lowest BCUT2D eigenvalue weighted by atomic mass is 9.79. The summed E-state index contributed by atoms with van der Waals surface area (Å²) in [7, 11) is 2.74. The van der Waals surface area contributed by atoms with Crippen LogP contribution < -0.4 is 0 Å². The zero-order chi connectivity index (χ0) is 16.4. The summed E-state index contributed by atoms with van der Waals surface area (Å²) >= 11 is 5.64. The van der Waals surface area contributed by atoms with Gasteiger partial charge in [-0.25, -0.2) is 0 Å². The Labute approximate surface area is 137 Å². The van der Waals surface area contributed by atoms with E-state index in [1.54, 1.807) is 0 Å². The van der Waals surface area contributed by atoms with E-state index < -0.39 is 0 Å². The van der Waals surface area contributed by atoms with E-state index in [1.807, 2.05) is 0 Å². The van der Waals surface area contributed by atoms with Gasteiger partial charge in [-0.05, 0) is 32.1 Å². The number of methoxy groups -OCH3 is 2. The molecule has 6 heteroatoms. The molecule has 3 atom stereocenters. The number of ether oxygens (including phenoxy) is 3. The number of unbranched alkanes of at least 4 members (excludes halogenated alkanes) is 3. The first-order valence-electron chi connectivity index (χ1n) is 7.95. The third-order valence-electron chi connectivity index (χ3n) is 4.11. The zero-order valence-corrected chi connectivity index (χ0v) is 14.3. The lowest BCUT2D eigenvalue weighted by Crippen LogP contribution is -2.36. The van der Waals surface area contributed by atoms with Crippen LogP contribution in [0.1, 0.15) is 44.9 Å². The van der Waals surface area contributed by atoms with Gasteiger partial charge >= 0.3 is 11.9 Å². The topological polar surface area (TPSA) is 61.8 Å². The molecule has 0 radical (unpaired) electrons. The smallest absolute Gasteiger partial charge is 0.308 e. The maximum atomic E-state index is 11.8. The van der Waals surface area contributed by atoms with Crippen molar-refractivity contribution in [3.8, 4) is 0 Å². The van der Waals surface area contributed by atoms with Crippen LogP contribution in [0.3, 0.4) is 0 Å². The molecule has 0 aromatic rings. The molecule has 5 nitrogen and oxygen atoms in total. The molecule has 0 aromatic heterocycles. The van der Waals surface area contributed by atoms with E-state index in [0.717, 1.165) is 25.7 Å². The number of halogens is 1. The summed E-state index contributed by atoms with van der Waals surface area (Å²) in [6.45, 7) is 0.648. The Morgan fingerprint density at radius 2 is 1.45 bits per heavy atom. The van der Waals surface area contributed by atoms with E-state index >= 15 is 0 Å². The number of alkyl halides is 1. The van der Waals surface area contributed by atoms with Gasteiger partial charge in [0.25, 0.3) is 0 Å². The van der Waals surface area contributed by atoms with Crippen LogP contribution >= 0.6 is 11.6 Å². The third kappa shape index (κ3) is 6.53. The summed E-state index contributed by atoms with van der Waals surface area (Å²) in [6, 6.07) is 0. The minimum absolute atomic E-state index is 0.0880. The average Bonchev–Trinajstić information content (AvgIpc) is 2.56. The molecule has 1 aliphatic rings. The quantitative estimate of drug-likeness (QED) is 0.368. The molecular weight excluding hydrogens is 308 g/mol. The van der Waals surface area contributed by atoms with Crippen LogP contribution in [-0.4, -0.2) is 44.7 Å². The van der Waals surface area contributed by atoms with Gasteiger partial charge in [0.15, 0.2) is 0 Å². The summed E-state index contributed by atoms with van der Waals surface area (Å²) < 4.78 is 15.5. The van der Waals surface area contributed by atoms with Crippen LogP contribution in [0.25, 0.3) is 0 Å². The van der Waals surface area contributed by atoms with Gasteiger partial charge < -0.3 is 14.2 Å². The minimum Gasteiger partial charge on any atom is -0.469 e. The van der Waals surface area contributed by atoms with Crippen molar-refractivity contribution in [2.75, 3.05) is 26.7 Å². The third-order valence-corrected chi connectivity index (χ3v) is 4.38. The van der Waals surface area contributed by atoms with Crippen molar-refractivity contribution in [1.29, 1.82) is 0 Å². The number of carbonyl (C=O) groups excluding carboxylic acids is 2. The lowest BCUT2D eigenvalue weighted by Gasteiger charge is -2.32. The monoisotopic (exact) mass is 334 g/mol. The molecule has 0 spiro atoms. The van der Waals surface area contributed by atoms with E-state index in [0.29, 0.717) is 31.7 Å². The second kappa shape index (κ2) is 10.8. The molecule has 1 rings (SSSR count). The normalized spacial score (nSPS) is 24.8. The van der Waals surface area contributed by atoms with Crippen LogP contribution in [0.15, 0.2) is 0 Å². The maximum absolute atomic E-state index is 11.8. The van der Waals surface area contributed by atoms with E-state index in [2.05, 4.69) is 0 Å². The first-order chi connectivity index (χ1) is 10.6. The fourth-order valence-electron chi connectivity index (χ4n) is 2.92. The van der Waals surface area contributed by atoms with Gasteiger partial charge in [0.05, 0.1) is 32.2 Å². The highest BCUT2D eigenvalue weighted by Crippen LogP contribution is 2.32. The van der Waals surface area contributed by atoms with Crippen molar-refractivity contribution in [3.63, 3.8) is 0 Å². The molecule has 1 unspecified atom stereocenters. The summed E-state index contributed by atoms with van der Waals surface area (Å²) in [4.78, 5) is 23.5. The molecule has 0 N–H and O–H groups in total. The molecule has 1 aliphatic carbocycles. The Kier molecular flexibility index (Phi) is 9.48. The molecule has 0 aromatic carbocycles. The van der Waals surface area contributed by atoms with E-state index in [9.17, 15) is 9.59 Å². The number of carbonyl (C=O) groups is 2. The second-order valence-corrected chi connectivity index (χ2v) is 6.12.